The van der Waals surface area contributed by atoms with Crippen molar-refractivity contribution < 1.29 is 31.2 Å². The Morgan fingerprint density at radius 1 is 0.977 bits per heavy atom. The van der Waals surface area contributed by atoms with Crippen molar-refractivity contribution in [1.82, 2.24) is 10.2 Å². The second-order valence-electron chi connectivity index (χ2n) is 11.0. The van der Waals surface area contributed by atoms with E-state index < -0.39 is 51.9 Å². The summed E-state index contributed by atoms with van der Waals surface area (Å²) in [5, 5.41) is 2.72. The zero-order valence-electron chi connectivity index (χ0n) is 24.5. The first-order valence-corrected chi connectivity index (χ1v) is 16.2. The van der Waals surface area contributed by atoms with Gasteiger partial charge in [0.15, 0.2) is 0 Å². The first-order chi connectivity index (χ1) is 20.8. The van der Waals surface area contributed by atoms with Crippen LogP contribution in [-0.2, 0) is 32.3 Å². The largest absolute Gasteiger partial charge is 0.416 e. The summed E-state index contributed by atoms with van der Waals surface area (Å²) < 4.78 is 69.5. The predicted octanol–water partition coefficient (Wildman–Crippen LogP) is 6.73. The molecule has 236 valence electrons. The molecule has 3 aromatic rings. The van der Waals surface area contributed by atoms with Gasteiger partial charge in [0, 0.05) is 12.6 Å². The fourth-order valence-corrected chi connectivity index (χ4v) is 6.99. The van der Waals surface area contributed by atoms with E-state index in [9.17, 15) is 31.2 Å². The highest BCUT2D eigenvalue weighted by atomic mass is 35.5. The van der Waals surface area contributed by atoms with Crippen LogP contribution in [0.15, 0.2) is 77.7 Å². The number of hydrogen-bond donors (Lipinski definition) is 1. The number of carbonyl (C=O) groups is 2. The van der Waals surface area contributed by atoms with Crippen molar-refractivity contribution in [1.29, 1.82) is 0 Å². The summed E-state index contributed by atoms with van der Waals surface area (Å²) in [4.78, 5) is 28.5. The number of nitrogens with zero attached hydrogens (tertiary/aromatic N) is 2. The summed E-state index contributed by atoms with van der Waals surface area (Å²) in [6.07, 6.45) is -0.105. The molecule has 0 saturated heterocycles. The van der Waals surface area contributed by atoms with E-state index >= 15 is 0 Å². The summed E-state index contributed by atoms with van der Waals surface area (Å²) in [5.74, 6) is -1.18. The number of sulfonamides is 1. The number of amides is 2. The van der Waals surface area contributed by atoms with Crippen LogP contribution in [0.5, 0.6) is 0 Å². The normalized spacial score (nSPS) is 15.0. The van der Waals surface area contributed by atoms with Gasteiger partial charge in [0.05, 0.1) is 21.2 Å². The van der Waals surface area contributed by atoms with E-state index in [1.165, 1.54) is 29.2 Å². The average Bonchev–Trinajstić information content (AvgIpc) is 2.99. The minimum atomic E-state index is -4.80. The van der Waals surface area contributed by atoms with Crippen LogP contribution in [0.25, 0.3) is 0 Å². The van der Waals surface area contributed by atoms with Crippen molar-refractivity contribution in [2.45, 2.75) is 75.7 Å². The van der Waals surface area contributed by atoms with Gasteiger partial charge in [-0.2, -0.15) is 13.2 Å². The molecule has 3 aromatic carbocycles. The summed E-state index contributed by atoms with van der Waals surface area (Å²) >= 11 is 6.30. The smallest absolute Gasteiger partial charge is 0.352 e. The molecule has 0 heterocycles. The Hall–Kier alpha value is -3.57. The van der Waals surface area contributed by atoms with Gasteiger partial charge < -0.3 is 10.2 Å². The lowest BCUT2D eigenvalue weighted by Crippen LogP contribution is -2.53. The molecule has 0 spiro atoms. The van der Waals surface area contributed by atoms with Crippen molar-refractivity contribution in [3.05, 3.63) is 94.5 Å². The van der Waals surface area contributed by atoms with Crippen molar-refractivity contribution in [3.8, 4) is 0 Å². The second-order valence-corrected chi connectivity index (χ2v) is 13.3. The Balaban J connectivity index is 1.75. The molecular formula is C32H35ClF3N3O4S. The fraction of sp³-hybridized carbons (Fsp3) is 0.375. The summed E-state index contributed by atoms with van der Waals surface area (Å²) in [6, 6.07) is 15.6. The van der Waals surface area contributed by atoms with E-state index in [2.05, 4.69) is 5.32 Å². The van der Waals surface area contributed by atoms with Crippen LogP contribution in [0.3, 0.4) is 0 Å². The monoisotopic (exact) mass is 649 g/mol. The van der Waals surface area contributed by atoms with Crippen LogP contribution >= 0.6 is 11.6 Å². The maximum atomic E-state index is 14.1. The fourth-order valence-electron chi connectivity index (χ4n) is 5.27. The molecule has 0 radical (unpaired) electrons. The molecule has 0 aromatic heterocycles. The van der Waals surface area contributed by atoms with Crippen LogP contribution in [0.1, 0.15) is 55.7 Å². The highest BCUT2D eigenvalue weighted by molar-refractivity contribution is 7.92. The Labute approximate surface area is 261 Å². The molecule has 44 heavy (non-hydrogen) atoms. The third-order valence-electron chi connectivity index (χ3n) is 7.71. The zero-order chi connectivity index (χ0) is 32.1. The van der Waals surface area contributed by atoms with E-state index in [-0.39, 0.29) is 22.5 Å². The third kappa shape index (κ3) is 8.12. The van der Waals surface area contributed by atoms with Crippen LogP contribution in [0.4, 0.5) is 18.9 Å². The number of alkyl halides is 3. The molecule has 12 heteroatoms. The number of nitrogens with one attached hydrogen (secondary N) is 1. The molecule has 1 atom stereocenters. The minimum absolute atomic E-state index is 0.0324. The van der Waals surface area contributed by atoms with Gasteiger partial charge in [0.25, 0.3) is 10.0 Å². The van der Waals surface area contributed by atoms with Gasteiger partial charge in [-0.05, 0) is 62.6 Å². The Kier molecular flexibility index (Phi) is 10.6. The highest BCUT2D eigenvalue weighted by Crippen LogP contribution is 2.37. The number of anilines is 1. The molecule has 1 saturated carbocycles. The van der Waals surface area contributed by atoms with Gasteiger partial charge in [0.1, 0.15) is 12.6 Å². The molecule has 0 bridgehead atoms. The zero-order valence-corrected chi connectivity index (χ0v) is 26.1. The number of aryl methyl sites for hydroxylation is 1. The standard InChI is InChI=1S/C32H35ClF3N3O4S/c1-22-10-9-11-24(18-22)20-38(23(2)31(41)37-26-12-5-3-6-13-26)30(40)21-39(44(42,43)27-14-7-4-8-15-27)29-19-25(32(34,35)36)16-17-28(29)33/h4,7-11,14-19,23,26H,3,5-6,12-13,20-21H2,1-2H3,(H,37,41). The molecule has 1 unspecified atom stereocenters. The summed E-state index contributed by atoms with van der Waals surface area (Å²) in [6.45, 7) is 2.50. The SMILES string of the molecule is Cc1cccc(CN(C(=O)CN(c2cc(C(F)(F)F)ccc2Cl)S(=O)(=O)c2ccccc2)C(C)C(=O)NC2CCCCC2)c1. The van der Waals surface area contributed by atoms with E-state index in [1.54, 1.807) is 25.1 Å². The van der Waals surface area contributed by atoms with Crippen molar-refractivity contribution in [3.63, 3.8) is 0 Å². The number of halogens is 4. The molecule has 7 nitrogen and oxygen atoms in total. The molecule has 1 aliphatic rings. The van der Waals surface area contributed by atoms with Crippen LogP contribution < -0.4 is 9.62 Å². The Bertz CT molecular complexity index is 1580. The van der Waals surface area contributed by atoms with Gasteiger partial charge in [-0.25, -0.2) is 8.42 Å². The molecular weight excluding hydrogens is 615 g/mol. The Morgan fingerprint density at radius 3 is 2.30 bits per heavy atom. The van der Waals surface area contributed by atoms with Crippen molar-refractivity contribution >= 4 is 39.1 Å². The summed E-state index contributed by atoms with van der Waals surface area (Å²) in [5.41, 5.74) is -0.0218. The first kappa shape index (κ1) is 33.3. The van der Waals surface area contributed by atoms with E-state index in [1.807, 2.05) is 19.1 Å². The lowest BCUT2D eigenvalue weighted by Gasteiger charge is -2.33. The van der Waals surface area contributed by atoms with Crippen LogP contribution in [0, 0.1) is 6.92 Å². The number of rotatable bonds is 10. The topological polar surface area (TPSA) is 86.8 Å². The van der Waals surface area contributed by atoms with Crippen molar-refractivity contribution in [2.75, 3.05) is 10.8 Å². The van der Waals surface area contributed by atoms with Gasteiger partial charge in [-0.15, -0.1) is 0 Å². The second kappa shape index (κ2) is 14.0. The van der Waals surface area contributed by atoms with Gasteiger partial charge in [-0.3, -0.25) is 13.9 Å². The van der Waals surface area contributed by atoms with Crippen LogP contribution in [-0.4, -0.2) is 43.8 Å². The molecule has 4 rings (SSSR count). The molecule has 1 fully saturated rings. The predicted molar refractivity (Wildman–Crippen MR) is 164 cm³/mol. The minimum Gasteiger partial charge on any atom is -0.352 e. The van der Waals surface area contributed by atoms with Gasteiger partial charge >= 0.3 is 6.18 Å². The average molecular weight is 650 g/mol. The van der Waals surface area contributed by atoms with E-state index in [4.69, 9.17) is 11.6 Å². The highest BCUT2D eigenvalue weighted by Gasteiger charge is 2.36. The Morgan fingerprint density at radius 2 is 1.66 bits per heavy atom. The summed E-state index contributed by atoms with van der Waals surface area (Å²) in [7, 11) is -4.58. The lowest BCUT2D eigenvalue weighted by atomic mass is 9.95. The molecule has 0 aliphatic heterocycles. The maximum Gasteiger partial charge on any atom is 0.416 e. The molecule has 1 aliphatic carbocycles. The first-order valence-electron chi connectivity index (χ1n) is 14.4. The number of carbonyl (C=O) groups excluding carboxylic acids is 2. The molecule has 1 N–H and O–H groups in total. The maximum absolute atomic E-state index is 14.1. The van der Waals surface area contributed by atoms with E-state index in [0.29, 0.717) is 15.9 Å². The quantitative estimate of drug-likeness (QED) is 0.264. The van der Waals surface area contributed by atoms with Crippen LogP contribution in [0.2, 0.25) is 5.02 Å². The molecule has 2 amide bonds. The van der Waals surface area contributed by atoms with E-state index in [0.717, 1.165) is 49.8 Å². The lowest BCUT2D eigenvalue weighted by molar-refractivity contribution is -0.139. The van der Waals surface area contributed by atoms with Gasteiger partial charge in [0.2, 0.25) is 11.8 Å². The number of benzene rings is 3. The van der Waals surface area contributed by atoms with Gasteiger partial charge in [-0.1, -0.05) is 78.9 Å². The third-order valence-corrected chi connectivity index (χ3v) is 9.80. The van der Waals surface area contributed by atoms with Crippen molar-refractivity contribution in [2.24, 2.45) is 0 Å². The number of hydrogen-bond acceptors (Lipinski definition) is 4.